The van der Waals surface area contributed by atoms with Gasteiger partial charge >= 0.3 is 5.97 Å². The minimum atomic E-state index is -0.642. The van der Waals surface area contributed by atoms with Crippen LogP contribution in [0.25, 0.3) is 6.08 Å². The van der Waals surface area contributed by atoms with Crippen LogP contribution in [0, 0.1) is 6.92 Å². The first-order chi connectivity index (χ1) is 7.97. The van der Waals surface area contributed by atoms with Gasteiger partial charge in [0.05, 0.1) is 7.11 Å². The first-order valence-corrected chi connectivity index (χ1v) is 5.41. The molecule has 0 aliphatic carbocycles. The number of methoxy groups -OCH3 is 1. The molecule has 4 heteroatoms. The predicted molar refractivity (Wildman–Crippen MR) is 66.9 cm³/mol. The van der Waals surface area contributed by atoms with Crippen molar-refractivity contribution in [3.63, 3.8) is 0 Å². The molecule has 17 heavy (non-hydrogen) atoms. The number of ketones is 1. The van der Waals surface area contributed by atoms with Crippen LogP contribution in [0.2, 0.25) is 5.02 Å². The zero-order valence-corrected chi connectivity index (χ0v) is 10.7. The topological polar surface area (TPSA) is 43.4 Å². The number of ether oxygens (including phenoxy) is 1. The van der Waals surface area contributed by atoms with Crippen LogP contribution in [0.3, 0.4) is 0 Å². The molecule has 0 unspecified atom stereocenters. The molecule has 1 aromatic rings. The number of hydrogen-bond donors (Lipinski definition) is 0. The van der Waals surface area contributed by atoms with E-state index < -0.39 is 5.97 Å². The Labute approximate surface area is 105 Å². The molecule has 0 amide bonds. The highest BCUT2D eigenvalue weighted by atomic mass is 35.5. The Kier molecular flexibility index (Phi) is 4.46. The maximum absolute atomic E-state index is 11.4. The lowest BCUT2D eigenvalue weighted by Crippen LogP contribution is -2.11. The molecule has 0 radical (unpaired) electrons. The van der Waals surface area contributed by atoms with Crippen LogP contribution in [0.4, 0.5) is 0 Å². The van der Waals surface area contributed by atoms with E-state index in [2.05, 4.69) is 4.74 Å². The highest BCUT2D eigenvalue weighted by Crippen LogP contribution is 2.21. The lowest BCUT2D eigenvalue weighted by atomic mass is 10.0. The van der Waals surface area contributed by atoms with E-state index in [-0.39, 0.29) is 11.4 Å². The largest absolute Gasteiger partial charge is 0.465 e. The van der Waals surface area contributed by atoms with Crippen LogP contribution in [0.15, 0.2) is 23.8 Å². The minimum absolute atomic E-state index is 0.0119. The summed E-state index contributed by atoms with van der Waals surface area (Å²) >= 11 is 5.96. The minimum Gasteiger partial charge on any atom is -0.465 e. The summed E-state index contributed by atoms with van der Waals surface area (Å²) in [5.41, 5.74) is 1.56. The van der Waals surface area contributed by atoms with E-state index >= 15 is 0 Å². The third-order valence-corrected chi connectivity index (χ3v) is 2.80. The van der Waals surface area contributed by atoms with E-state index in [1.165, 1.54) is 20.1 Å². The van der Waals surface area contributed by atoms with Gasteiger partial charge in [0.15, 0.2) is 5.78 Å². The van der Waals surface area contributed by atoms with Crippen molar-refractivity contribution < 1.29 is 14.3 Å². The molecule has 1 rings (SSSR count). The van der Waals surface area contributed by atoms with E-state index in [0.717, 1.165) is 11.1 Å². The molecular weight excluding hydrogens is 240 g/mol. The van der Waals surface area contributed by atoms with Crippen molar-refractivity contribution in [3.8, 4) is 0 Å². The molecule has 0 aliphatic heterocycles. The summed E-state index contributed by atoms with van der Waals surface area (Å²) in [7, 11) is 1.24. The Morgan fingerprint density at radius 3 is 2.53 bits per heavy atom. The van der Waals surface area contributed by atoms with Gasteiger partial charge in [0, 0.05) is 5.02 Å². The fraction of sp³-hybridized carbons (Fsp3) is 0.231. The molecule has 0 spiro atoms. The molecular formula is C13H13ClO3. The van der Waals surface area contributed by atoms with Crippen LogP contribution >= 0.6 is 11.6 Å². The van der Waals surface area contributed by atoms with Crippen molar-refractivity contribution >= 4 is 29.4 Å². The molecule has 3 nitrogen and oxygen atoms in total. The molecule has 0 N–H and O–H groups in total. The molecule has 0 aliphatic rings. The number of carbonyl (C=O) groups is 2. The van der Waals surface area contributed by atoms with Crippen molar-refractivity contribution in [1.82, 2.24) is 0 Å². The van der Waals surface area contributed by atoms with E-state index in [1.807, 2.05) is 6.92 Å². The monoisotopic (exact) mass is 252 g/mol. The van der Waals surface area contributed by atoms with Gasteiger partial charge in [-0.2, -0.15) is 0 Å². The van der Waals surface area contributed by atoms with Gasteiger partial charge in [-0.3, -0.25) is 4.79 Å². The normalized spacial score (nSPS) is 11.2. The SMILES string of the molecule is COC(=O)/C(=C/c1cccc(Cl)c1C)C(C)=O. The number of hydrogen-bond acceptors (Lipinski definition) is 3. The summed E-state index contributed by atoms with van der Waals surface area (Å²) in [6, 6.07) is 5.29. The van der Waals surface area contributed by atoms with Crippen LogP contribution in [0.1, 0.15) is 18.1 Å². The smallest absolute Gasteiger partial charge is 0.341 e. The summed E-state index contributed by atoms with van der Waals surface area (Å²) < 4.78 is 4.55. The molecule has 0 fully saturated rings. The number of esters is 1. The zero-order chi connectivity index (χ0) is 13.0. The van der Waals surface area contributed by atoms with E-state index in [0.29, 0.717) is 5.02 Å². The van der Waals surface area contributed by atoms with E-state index in [9.17, 15) is 9.59 Å². The predicted octanol–water partition coefficient (Wildman–Crippen LogP) is 2.79. The van der Waals surface area contributed by atoms with Crippen molar-refractivity contribution in [2.45, 2.75) is 13.8 Å². The van der Waals surface area contributed by atoms with Crippen LogP contribution in [-0.4, -0.2) is 18.9 Å². The van der Waals surface area contributed by atoms with Gasteiger partial charge in [-0.1, -0.05) is 23.7 Å². The summed E-state index contributed by atoms with van der Waals surface area (Å²) in [5, 5.41) is 0.589. The molecule has 0 saturated carbocycles. The van der Waals surface area contributed by atoms with Crippen molar-refractivity contribution in [2.75, 3.05) is 7.11 Å². The summed E-state index contributed by atoms with van der Waals surface area (Å²) in [4.78, 5) is 22.8. The fourth-order valence-electron chi connectivity index (χ4n) is 1.35. The van der Waals surface area contributed by atoms with Crippen LogP contribution in [0.5, 0.6) is 0 Å². The highest BCUT2D eigenvalue weighted by Gasteiger charge is 2.15. The number of rotatable bonds is 3. The molecule has 90 valence electrons. The average Bonchev–Trinajstić information content (AvgIpc) is 2.29. The average molecular weight is 253 g/mol. The van der Waals surface area contributed by atoms with Gasteiger partial charge in [-0.05, 0) is 37.1 Å². The Bertz CT molecular complexity index is 489. The molecule has 0 bridgehead atoms. The summed E-state index contributed by atoms with van der Waals surface area (Å²) in [5.74, 6) is -0.979. The van der Waals surface area contributed by atoms with Crippen molar-refractivity contribution in [3.05, 3.63) is 39.9 Å². The quantitative estimate of drug-likeness (QED) is 0.360. The third kappa shape index (κ3) is 3.17. The Morgan fingerprint density at radius 2 is 2.00 bits per heavy atom. The Balaban J connectivity index is 3.27. The highest BCUT2D eigenvalue weighted by molar-refractivity contribution is 6.31. The van der Waals surface area contributed by atoms with Gasteiger partial charge in [0.2, 0.25) is 0 Å². The van der Waals surface area contributed by atoms with Gasteiger partial charge in [-0.15, -0.1) is 0 Å². The molecule has 0 atom stereocenters. The van der Waals surface area contributed by atoms with Gasteiger partial charge in [-0.25, -0.2) is 4.79 Å². The number of Topliss-reactive ketones (excluding diaryl/α,β-unsaturated/α-hetero) is 1. The standard InChI is InChI=1S/C13H13ClO3/c1-8-10(5-4-6-12(8)14)7-11(9(2)15)13(16)17-3/h4-7H,1-3H3/b11-7+. The Morgan fingerprint density at radius 1 is 1.35 bits per heavy atom. The van der Waals surface area contributed by atoms with Gasteiger partial charge in [0.1, 0.15) is 5.57 Å². The molecule has 0 aromatic heterocycles. The lowest BCUT2D eigenvalue weighted by molar-refractivity contribution is -0.137. The maximum Gasteiger partial charge on any atom is 0.341 e. The number of halogens is 1. The van der Waals surface area contributed by atoms with Crippen LogP contribution < -0.4 is 0 Å². The van der Waals surface area contributed by atoms with E-state index in [1.54, 1.807) is 18.2 Å². The first kappa shape index (κ1) is 13.5. The molecule has 0 saturated heterocycles. The second-order valence-electron chi connectivity index (χ2n) is 3.56. The summed E-state index contributed by atoms with van der Waals surface area (Å²) in [6.45, 7) is 3.14. The first-order valence-electron chi connectivity index (χ1n) is 5.03. The number of benzene rings is 1. The van der Waals surface area contributed by atoms with Crippen molar-refractivity contribution in [1.29, 1.82) is 0 Å². The summed E-state index contributed by atoms with van der Waals surface area (Å²) in [6.07, 6.45) is 1.50. The lowest BCUT2D eigenvalue weighted by Gasteiger charge is -2.05. The molecule has 1 aromatic carbocycles. The van der Waals surface area contributed by atoms with E-state index in [4.69, 9.17) is 11.6 Å². The van der Waals surface area contributed by atoms with Gasteiger partial charge < -0.3 is 4.74 Å². The third-order valence-electron chi connectivity index (χ3n) is 2.39. The van der Waals surface area contributed by atoms with Crippen LogP contribution in [-0.2, 0) is 14.3 Å². The second kappa shape index (κ2) is 5.64. The number of carbonyl (C=O) groups excluding carboxylic acids is 2. The zero-order valence-electron chi connectivity index (χ0n) is 9.91. The second-order valence-corrected chi connectivity index (χ2v) is 3.97. The maximum atomic E-state index is 11.4. The molecule has 0 heterocycles. The fourth-order valence-corrected chi connectivity index (χ4v) is 1.53. The van der Waals surface area contributed by atoms with Crippen molar-refractivity contribution in [2.24, 2.45) is 0 Å². The van der Waals surface area contributed by atoms with Gasteiger partial charge in [0.25, 0.3) is 0 Å². The Hall–Kier alpha value is -1.61.